The number of hydrogen-bond acceptors (Lipinski definition) is 1. The topological polar surface area (TPSA) is 50.4 Å². The van der Waals surface area contributed by atoms with Crippen molar-refractivity contribution in [3.05, 3.63) is 35.4 Å². The highest BCUT2D eigenvalue weighted by atomic mass is 127. The molecule has 0 radical (unpaired) electrons. The van der Waals surface area contributed by atoms with Crippen molar-refractivity contribution in [3.8, 4) is 11.8 Å². The van der Waals surface area contributed by atoms with Gasteiger partial charge in [-0.25, -0.2) is 0 Å². The number of halogens is 4. The van der Waals surface area contributed by atoms with Crippen LogP contribution in [0.25, 0.3) is 0 Å². The van der Waals surface area contributed by atoms with Gasteiger partial charge in [-0.2, -0.15) is 13.2 Å². The maximum atomic E-state index is 12.5. The molecule has 7 heteroatoms. The monoisotopic (exact) mass is 425 g/mol. The fourth-order valence-corrected chi connectivity index (χ4v) is 1.47. The minimum atomic E-state index is -4.35. The Labute approximate surface area is 145 Å². The van der Waals surface area contributed by atoms with Gasteiger partial charge in [-0.15, -0.1) is 24.0 Å². The molecule has 1 rings (SSSR count). The van der Waals surface area contributed by atoms with Gasteiger partial charge in [0.1, 0.15) is 0 Å². The molecule has 3 N–H and O–H groups in total. The van der Waals surface area contributed by atoms with Crippen molar-refractivity contribution in [2.45, 2.75) is 25.9 Å². The largest absolute Gasteiger partial charge is 0.416 e. The van der Waals surface area contributed by atoms with Gasteiger partial charge in [-0.05, 0) is 24.6 Å². The molecule has 0 atom stereocenters. The Balaban J connectivity index is 0.00000441. The molecule has 0 aromatic heterocycles. The predicted octanol–water partition coefficient (Wildman–Crippen LogP) is 3.38. The minimum absolute atomic E-state index is 0. The van der Waals surface area contributed by atoms with Crippen LogP contribution in [0, 0.1) is 11.8 Å². The van der Waals surface area contributed by atoms with E-state index in [1.807, 2.05) is 0 Å². The summed E-state index contributed by atoms with van der Waals surface area (Å²) in [6, 6.07) is 4.90. The zero-order valence-corrected chi connectivity index (χ0v) is 14.5. The lowest BCUT2D eigenvalue weighted by Gasteiger charge is -2.05. The average molecular weight is 425 g/mol. The Morgan fingerprint density at radius 3 is 2.73 bits per heavy atom. The Hall–Kier alpha value is -1.43. The van der Waals surface area contributed by atoms with Crippen LogP contribution >= 0.6 is 24.0 Å². The van der Waals surface area contributed by atoms with Crippen LogP contribution in [-0.2, 0) is 6.18 Å². The number of nitrogens with two attached hydrogens (primary N) is 1. The number of benzene rings is 1. The summed E-state index contributed by atoms with van der Waals surface area (Å²) >= 11 is 0. The Morgan fingerprint density at radius 2 is 2.09 bits per heavy atom. The quantitative estimate of drug-likeness (QED) is 0.256. The van der Waals surface area contributed by atoms with E-state index in [-0.39, 0.29) is 30.5 Å². The van der Waals surface area contributed by atoms with Crippen molar-refractivity contribution in [2.75, 3.05) is 13.1 Å². The molecule has 22 heavy (non-hydrogen) atoms. The Morgan fingerprint density at radius 1 is 1.36 bits per heavy atom. The van der Waals surface area contributed by atoms with Gasteiger partial charge < -0.3 is 11.1 Å². The molecular weight excluding hydrogens is 406 g/mol. The van der Waals surface area contributed by atoms with Crippen LogP contribution in [0.15, 0.2) is 29.3 Å². The first kappa shape index (κ1) is 20.6. The standard InChI is InChI=1S/C15H18F3N3.HI/c1-2-3-9-20-14(19)21-10-5-7-12-6-4-8-13(11-12)15(16,17)18;/h4,6,8,11H,2-3,9-10H2,1H3,(H3,19,20,21);1H. The van der Waals surface area contributed by atoms with Crippen LogP contribution < -0.4 is 11.1 Å². The lowest BCUT2D eigenvalue weighted by molar-refractivity contribution is -0.137. The zero-order chi connectivity index (χ0) is 15.7. The summed E-state index contributed by atoms with van der Waals surface area (Å²) < 4.78 is 37.6. The van der Waals surface area contributed by atoms with Crippen molar-refractivity contribution in [2.24, 2.45) is 10.7 Å². The first-order valence-electron chi connectivity index (χ1n) is 6.63. The summed E-state index contributed by atoms with van der Waals surface area (Å²) in [5.74, 6) is 5.66. The molecule has 0 unspecified atom stereocenters. The van der Waals surface area contributed by atoms with Gasteiger partial charge in [0.15, 0.2) is 5.96 Å². The van der Waals surface area contributed by atoms with Crippen molar-refractivity contribution >= 4 is 29.9 Å². The lowest BCUT2D eigenvalue weighted by Crippen LogP contribution is -2.32. The number of nitrogens with one attached hydrogen (secondary N) is 1. The molecular formula is C15H19F3IN3. The highest BCUT2D eigenvalue weighted by molar-refractivity contribution is 14.0. The van der Waals surface area contributed by atoms with Gasteiger partial charge in [-0.1, -0.05) is 31.3 Å². The van der Waals surface area contributed by atoms with Crippen molar-refractivity contribution in [1.29, 1.82) is 0 Å². The molecule has 0 aliphatic carbocycles. The molecule has 0 saturated heterocycles. The maximum Gasteiger partial charge on any atom is 0.416 e. The number of aliphatic imine (C=N–C) groups is 1. The number of rotatable bonds is 4. The molecule has 0 amide bonds. The molecule has 0 aliphatic heterocycles. The third kappa shape index (κ3) is 8.12. The summed E-state index contributed by atoms with van der Waals surface area (Å²) in [5, 5.41) is 2.79. The smallest absolute Gasteiger partial charge is 0.370 e. The molecule has 0 heterocycles. The molecule has 0 spiro atoms. The third-order valence-corrected chi connectivity index (χ3v) is 2.57. The van der Waals surface area contributed by atoms with Crippen LogP contribution in [0.5, 0.6) is 0 Å². The second-order valence-corrected chi connectivity index (χ2v) is 4.35. The highest BCUT2D eigenvalue weighted by Crippen LogP contribution is 2.29. The SMILES string of the molecule is CCCCN=C(N)NCC#Cc1cccc(C(F)(F)F)c1.I. The fourth-order valence-electron chi connectivity index (χ4n) is 1.47. The number of nitrogens with zero attached hydrogens (tertiary/aromatic N) is 1. The van der Waals surface area contributed by atoms with E-state index in [1.165, 1.54) is 12.1 Å². The van der Waals surface area contributed by atoms with E-state index < -0.39 is 11.7 Å². The van der Waals surface area contributed by atoms with Gasteiger partial charge in [0.2, 0.25) is 0 Å². The minimum Gasteiger partial charge on any atom is -0.370 e. The van der Waals surface area contributed by atoms with Gasteiger partial charge >= 0.3 is 6.18 Å². The van der Waals surface area contributed by atoms with E-state index in [9.17, 15) is 13.2 Å². The summed E-state index contributed by atoms with van der Waals surface area (Å²) in [6.07, 6.45) is -2.36. The maximum absolute atomic E-state index is 12.5. The zero-order valence-electron chi connectivity index (χ0n) is 12.2. The van der Waals surface area contributed by atoms with E-state index in [0.717, 1.165) is 25.0 Å². The summed E-state index contributed by atoms with van der Waals surface area (Å²) in [4.78, 5) is 4.07. The average Bonchev–Trinajstić information content (AvgIpc) is 2.43. The van der Waals surface area contributed by atoms with E-state index in [1.54, 1.807) is 0 Å². The molecule has 0 saturated carbocycles. The molecule has 0 bridgehead atoms. The fraction of sp³-hybridized carbons (Fsp3) is 0.400. The van der Waals surface area contributed by atoms with Crippen molar-refractivity contribution in [3.63, 3.8) is 0 Å². The van der Waals surface area contributed by atoms with Crippen LogP contribution in [0.1, 0.15) is 30.9 Å². The lowest BCUT2D eigenvalue weighted by atomic mass is 10.1. The summed E-state index contributed by atoms with van der Waals surface area (Å²) in [5.41, 5.74) is 5.20. The van der Waals surface area contributed by atoms with E-state index >= 15 is 0 Å². The van der Waals surface area contributed by atoms with Crippen molar-refractivity contribution in [1.82, 2.24) is 5.32 Å². The summed E-state index contributed by atoms with van der Waals surface area (Å²) in [6.45, 7) is 2.94. The molecule has 1 aromatic carbocycles. The number of unbranched alkanes of at least 4 members (excludes halogenated alkanes) is 1. The van der Waals surface area contributed by atoms with Gasteiger partial charge in [0, 0.05) is 12.1 Å². The normalized spacial score (nSPS) is 11.2. The Kier molecular flexibility index (Phi) is 9.65. The molecule has 1 aromatic rings. The van der Waals surface area contributed by atoms with Gasteiger partial charge in [0.05, 0.1) is 12.1 Å². The summed E-state index contributed by atoms with van der Waals surface area (Å²) in [7, 11) is 0. The molecule has 122 valence electrons. The van der Waals surface area contributed by atoms with Gasteiger partial charge in [-0.3, -0.25) is 4.99 Å². The number of alkyl halides is 3. The van der Waals surface area contributed by atoms with Crippen LogP contribution in [0.4, 0.5) is 13.2 Å². The molecule has 0 fully saturated rings. The number of guanidine groups is 1. The van der Waals surface area contributed by atoms with Gasteiger partial charge in [0.25, 0.3) is 0 Å². The first-order chi connectivity index (χ1) is 9.93. The van der Waals surface area contributed by atoms with E-state index in [0.29, 0.717) is 18.1 Å². The third-order valence-electron chi connectivity index (χ3n) is 2.57. The molecule has 0 aliphatic rings. The molecule has 3 nitrogen and oxygen atoms in total. The highest BCUT2D eigenvalue weighted by Gasteiger charge is 2.30. The Bertz CT molecular complexity index is 545. The van der Waals surface area contributed by atoms with Crippen LogP contribution in [0.3, 0.4) is 0 Å². The predicted molar refractivity (Wildman–Crippen MR) is 93.1 cm³/mol. The van der Waals surface area contributed by atoms with E-state index in [4.69, 9.17) is 5.73 Å². The van der Waals surface area contributed by atoms with Crippen LogP contribution in [-0.4, -0.2) is 19.0 Å². The van der Waals surface area contributed by atoms with E-state index in [2.05, 4.69) is 29.1 Å². The first-order valence-corrected chi connectivity index (χ1v) is 6.63. The second-order valence-electron chi connectivity index (χ2n) is 4.35. The van der Waals surface area contributed by atoms with Crippen LogP contribution in [0.2, 0.25) is 0 Å². The number of hydrogen-bond donors (Lipinski definition) is 2. The second kappa shape index (κ2) is 10.3. The van der Waals surface area contributed by atoms with Crippen molar-refractivity contribution < 1.29 is 13.2 Å².